The fraction of sp³-hybridized carbons (Fsp3) is 0.533. The highest BCUT2D eigenvalue weighted by Crippen LogP contribution is 2.19. The number of carbonyl (C=O) groups is 1. The second-order valence-electron chi connectivity index (χ2n) is 4.82. The number of anilines is 1. The molecule has 0 saturated heterocycles. The van der Waals surface area contributed by atoms with Gasteiger partial charge in [0.2, 0.25) is 5.91 Å². The lowest BCUT2D eigenvalue weighted by atomic mass is 10.0. The SMILES string of the molecule is CCC(CC)CNCC(=O)Nc1cc(Cl)ccc1C. The molecule has 4 heteroatoms. The molecule has 0 fully saturated rings. The van der Waals surface area contributed by atoms with Crippen molar-refractivity contribution in [2.45, 2.75) is 33.6 Å². The van der Waals surface area contributed by atoms with Crippen molar-refractivity contribution in [1.82, 2.24) is 5.32 Å². The molecule has 0 radical (unpaired) electrons. The second-order valence-corrected chi connectivity index (χ2v) is 5.26. The summed E-state index contributed by atoms with van der Waals surface area (Å²) in [6.07, 6.45) is 2.27. The summed E-state index contributed by atoms with van der Waals surface area (Å²) in [5, 5.41) is 6.70. The molecule has 1 aromatic carbocycles. The smallest absolute Gasteiger partial charge is 0.238 e. The van der Waals surface area contributed by atoms with Crippen LogP contribution in [0.4, 0.5) is 5.69 Å². The molecule has 1 amide bonds. The number of benzene rings is 1. The molecule has 0 atom stereocenters. The Morgan fingerprint density at radius 3 is 2.63 bits per heavy atom. The highest BCUT2D eigenvalue weighted by molar-refractivity contribution is 6.31. The van der Waals surface area contributed by atoms with E-state index in [2.05, 4.69) is 24.5 Å². The molecule has 0 aliphatic carbocycles. The minimum Gasteiger partial charge on any atom is -0.325 e. The second kappa shape index (κ2) is 8.18. The van der Waals surface area contributed by atoms with E-state index >= 15 is 0 Å². The summed E-state index contributed by atoms with van der Waals surface area (Å²) in [4.78, 5) is 11.8. The van der Waals surface area contributed by atoms with Gasteiger partial charge < -0.3 is 10.6 Å². The maximum atomic E-state index is 11.8. The zero-order valence-corrected chi connectivity index (χ0v) is 12.7. The molecule has 0 spiro atoms. The van der Waals surface area contributed by atoms with Crippen LogP contribution in [0.3, 0.4) is 0 Å². The number of carbonyl (C=O) groups excluding carboxylic acids is 1. The lowest BCUT2D eigenvalue weighted by Gasteiger charge is -2.13. The first-order valence-electron chi connectivity index (χ1n) is 6.83. The van der Waals surface area contributed by atoms with E-state index in [1.807, 2.05) is 19.1 Å². The lowest BCUT2D eigenvalue weighted by Crippen LogP contribution is -2.31. The van der Waals surface area contributed by atoms with E-state index in [4.69, 9.17) is 11.6 Å². The van der Waals surface area contributed by atoms with Crippen LogP contribution in [0.1, 0.15) is 32.3 Å². The third-order valence-corrected chi connectivity index (χ3v) is 3.58. The Morgan fingerprint density at radius 1 is 1.32 bits per heavy atom. The van der Waals surface area contributed by atoms with Gasteiger partial charge in [-0.3, -0.25) is 4.79 Å². The zero-order valence-electron chi connectivity index (χ0n) is 11.9. The average molecular weight is 283 g/mol. The molecular weight excluding hydrogens is 260 g/mol. The fourth-order valence-corrected chi connectivity index (χ4v) is 2.06. The molecule has 0 unspecified atom stereocenters. The van der Waals surface area contributed by atoms with Gasteiger partial charge in [0.25, 0.3) is 0 Å². The van der Waals surface area contributed by atoms with E-state index < -0.39 is 0 Å². The van der Waals surface area contributed by atoms with Crippen LogP contribution >= 0.6 is 11.6 Å². The van der Waals surface area contributed by atoms with Crippen LogP contribution in [0.25, 0.3) is 0 Å². The number of halogens is 1. The average Bonchev–Trinajstić information content (AvgIpc) is 2.39. The van der Waals surface area contributed by atoms with Crippen molar-refractivity contribution in [2.24, 2.45) is 5.92 Å². The molecule has 3 nitrogen and oxygen atoms in total. The van der Waals surface area contributed by atoms with Crippen molar-refractivity contribution in [3.8, 4) is 0 Å². The molecule has 0 aliphatic heterocycles. The summed E-state index contributed by atoms with van der Waals surface area (Å²) in [7, 11) is 0. The predicted molar refractivity (Wildman–Crippen MR) is 81.8 cm³/mol. The molecular formula is C15H23ClN2O. The van der Waals surface area contributed by atoms with E-state index in [-0.39, 0.29) is 5.91 Å². The van der Waals surface area contributed by atoms with E-state index in [0.717, 1.165) is 30.6 Å². The van der Waals surface area contributed by atoms with Gasteiger partial charge in [0.1, 0.15) is 0 Å². The molecule has 0 saturated carbocycles. The Labute approximate surface area is 120 Å². The van der Waals surface area contributed by atoms with Crippen LogP contribution in [0.2, 0.25) is 5.02 Å². The Bertz CT molecular complexity index is 417. The number of rotatable bonds is 7. The Kier molecular flexibility index (Phi) is 6.89. The summed E-state index contributed by atoms with van der Waals surface area (Å²) >= 11 is 5.92. The van der Waals surface area contributed by atoms with Crippen molar-refractivity contribution < 1.29 is 4.79 Å². The topological polar surface area (TPSA) is 41.1 Å². The standard InChI is InChI=1S/C15H23ClN2O/c1-4-12(5-2)9-17-10-15(19)18-14-8-13(16)7-6-11(14)3/h6-8,12,17H,4-5,9-10H2,1-3H3,(H,18,19). The maximum Gasteiger partial charge on any atom is 0.238 e. The number of amides is 1. The van der Waals surface area contributed by atoms with Crippen molar-refractivity contribution in [3.63, 3.8) is 0 Å². The lowest BCUT2D eigenvalue weighted by molar-refractivity contribution is -0.115. The molecule has 0 aromatic heterocycles. The highest BCUT2D eigenvalue weighted by atomic mass is 35.5. The van der Waals surface area contributed by atoms with Crippen molar-refractivity contribution in [3.05, 3.63) is 28.8 Å². The molecule has 0 heterocycles. The van der Waals surface area contributed by atoms with Gasteiger partial charge in [0.15, 0.2) is 0 Å². The van der Waals surface area contributed by atoms with Crippen LogP contribution in [-0.2, 0) is 4.79 Å². The third kappa shape index (κ3) is 5.62. The molecule has 2 N–H and O–H groups in total. The normalized spacial score (nSPS) is 10.8. The molecule has 0 bridgehead atoms. The van der Waals surface area contributed by atoms with Crippen LogP contribution in [-0.4, -0.2) is 19.0 Å². The number of hydrogen-bond donors (Lipinski definition) is 2. The summed E-state index contributed by atoms with van der Waals surface area (Å²) < 4.78 is 0. The van der Waals surface area contributed by atoms with Crippen molar-refractivity contribution in [1.29, 1.82) is 0 Å². The number of aryl methyl sites for hydroxylation is 1. The molecule has 106 valence electrons. The van der Waals surface area contributed by atoms with Crippen molar-refractivity contribution >= 4 is 23.2 Å². The maximum absolute atomic E-state index is 11.8. The van der Waals surface area contributed by atoms with E-state index in [1.54, 1.807) is 6.07 Å². The highest BCUT2D eigenvalue weighted by Gasteiger charge is 2.07. The number of hydrogen-bond acceptors (Lipinski definition) is 2. The zero-order chi connectivity index (χ0) is 14.3. The van der Waals surface area contributed by atoms with E-state index in [1.165, 1.54) is 0 Å². The number of nitrogens with one attached hydrogen (secondary N) is 2. The van der Waals surface area contributed by atoms with Gasteiger partial charge >= 0.3 is 0 Å². The first-order valence-corrected chi connectivity index (χ1v) is 7.21. The Morgan fingerprint density at radius 2 is 2.00 bits per heavy atom. The quantitative estimate of drug-likeness (QED) is 0.802. The predicted octanol–water partition coefficient (Wildman–Crippen LogP) is 3.61. The van der Waals surface area contributed by atoms with Gasteiger partial charge in [-0.2, -0.15) is 0 Å². The molecule has 1 aromatic rings. The van der Waals surface area contributed by atoms with Crippen LogP contribution in [0.15, 0.2) is 18.2 Å². The van der Waals surface area contributed by atoms with Crippen LogP contribution in [0.5, 0.6) is 0 Å². The van der Waals surface area contributed by atoms with E-state index in [9.17, 15) is 4.79 Å². The molecule has 0 aliphatic rings. The molecule has 1 rings (SSSR count). The van der Waals surface area contributed by atoms with E-state index in [0.29, 0.717) is 17.5 Å². The Hall–Kier alpha value is -1.06. The van der Waals surface area contributed by atoms with Gasteiger partial charge in [-0.25, -0.2) is 0 Å². The van der Waals surface area contributed by atoms with Gasteiger partial charge in [0, 0.05) is 10.7 Å². The van der Waals surface area contributed by atoms with Gasteiger partial charge in [-0.15, -0.1) is 0 Å². The van der Waals surface area contributed by atoms with Gasteiger partial charge in [-0.05, 0) is 37.1 Å². The summed E-state index contributed by atoms with van der Waals surface area (Å²) in [5.41, 5.74) is 1.79. The first-order chi connectivity index (χ1) is 9.06. The minimum atomic E-state index is -0.0312. The Balaban J connectivity index is 2.41. The monoisotopic (exact) mass is 282 g/mol. The fourth-order valence-electron chi connectivity index (χ4n) is 1.89. The van der Waals surface area contributed by atoms with Crippen LogP contribution in [0, 0.1) is 12.8 Å². The summed E-state index contributed by atoms with van der Waals surface area (Å²) in [6.45, 7) is 7.51. The van der Waals surface area contributed by atoms with Gasteiger partial charge in [-0.1, -0.05) is 44.4 Å². The summed E-state index contributed by atoms with van der Waals surface area (Å²) in [5.74, 6) is 0.608. The first kappa shape index (κ1) is 16.0. The summed E-state index contributed by atoms with van der Waals surface area (Å²) in [6, 6.07) is 5.49. The van der Waals surface area contributed by atoms with Gasteiger partial charge in [0.05, 0.1) is 6.54 Å². The largest absolute Gasteiger partial charge is 0.325 e. The molecule has 19 heavy (non-hydrogen) atoms. The third-order valence-electron chi connectivity index (χ3n) is 3.35. The van der Waals surface area contributed by atoms with Crippen molar-refractivity contribution in [2.75, 3.05) is 18.4 Å². The van der Waals surface area contributed by atoms with Crippen LogP contribution < -0.4 is 10.6 Å². The minimum absolute atomic E-state index is 0.0312.